The quantitative estimate of drug-likeness (QED) is 0.792. The van der Waals surface area contributed by atoms with Crippen LogP contribution in [-0.2, 0) is 14.3 Å². The summed E-state index contributed by atoms with van der Waals surface area (Å²) in [6, 6.07) is 7.50. The van der Waals surface area contributed by atoms with Crippen LogP contribution >= 0.6 is 0 Å². The molecule has 1 aromatic carbocycles. The first-order valence-electron chi connectivity index (χ1n) is 8.35. The Morgan fingerprint density at radius 1 is 1.40 bits per heavy atom. The second kappa shape index (κ2) is 8.82. The van der Waals surface area contributed by atoms with Crippen molar-refractivity contribution in [2.24, 2.45) is 0 Å². The highest BCUT2D eigenvalue weighted by molar-refractivity contribution is 5.83. The van der Waals surface area contributed by atoms with E-state index in [-0.39, 0.29) is 24.5 Å². The number of likely N-dealkylation sites (N-methyl/N-ethyl adjacent to an activating group) is 1. The zero-order chi connectivity index (χ0) is 18.4. The number of methoxy groups -OCH3 is 1. The third-order valence-electron chi connectivity index (χ3n) is 4.36. The summed E-state index contributed by atoms with van der Waals surface area (Å²) in [5.74, 6) is -0.309. The van der Waals surface area contributed by atoms with Gasteiger partial charge in [0.05, 0.1) is 32.3 Å². The average molecular weight is 350 g/mol. The molecule has 25 heavy (non-hydrogen) atoms. The topological polar surface area (TPSA) is 79.3 Å². The molecule has 138 valence electrons. The minimum absolute atomic E-state index is 0.0456. The summed E-state index contributed by atoms with van der Waals surface area (Å²) in [7, 11) is 3.34. The second-order valence-electron chi connectivity index (χ2n) is 6.36. The van der Waals surface area contributed by atoms with Crippen molar-refractivity contribution in [1.82, 2.24) is 9.80 Å². The Bertz CT molecular complexity index is 590. The van der Waals surface area contributed by atoms with Crippen molar-refractivity contribution in [3.63, 3.8) is 0 Å². The van der Waals surface area contributed by atoms with Crippen LogP contribution in [0.25, 0.3) is 0 Å². The zero-order valence-corrected chi connectivity index (χ0v) is 15.0. The van der Waals surface area contributed by atoms with Gasteiger partial charge in [-0.1, -0.05) is 12.1 Å². The Hall–Kier alpha value is -2.12. The molecular weight excluding hydrogens is 324 g/mol. The summed E-state index contributed by atoms with van der Waals surface area (Å²) in [6.07, 6.45) is -0.176. The van der Waals surface area contributed by atoms with Crippen molar-refractivity contribution in [3.05, 3.63) is 29.8 Å². The molecule has 1 aliphatic heterocycles. The number of ether oxygens (including phenoxy) is 2. The molecular formula is C18H26N2O5. The van der Waals surface area contributed by atoms with Gasteiger partial charge in [-0.2, -0.15) is 0 Å². The molecule has 0 bridgehead atoms. The SMILES string of the molecule is COc1ccc(C(C)C(=O)N2CCOC(CN(C)CC(=O)O)C2)cc1. The smallest absolute Gasteiger partial charge is 0.317 e. The summed E-state index contributed by atoms with van der Waals surface area (Å²) in [6.45, 7) is 3.82. The number of carbonyl (C=O) groups is 2. The van der Waals surface area contributed by atoms with Crippen LogP contribution in [0.15, 0.2) is 24.3 Å². The molecule has 0 aliphatic carbocycles. The lowest BCUT2D eigenvalue weighted by Gasteiger charge is -2.36. The first kappa shape index (κ1) is 19.2. The summed E-state index contributed by atoms with van der Waals surface area (Å²) in [5.41, 5.74) is 0.942. The largest absolute Gasteiger partial charge is 0.497 e. The highest BCUT2D eigenvalue weighted by atomic mass is 16.5. The van der Waals surface area contributed by atoms with Crippen LogP contribution in [-0.4, -0.2) is 79.8 Å². The summed E-state index contributed by atoms with van der Waals surface area (Å²) >= 11 is 0. The predicted molar refractivity (Wildman–Crippen MR) is 92.9 cm³/mol. The Balaban J connectivity index is 1.94. The number of aliphatic carboxylic acids is 1. The van der Waals surface area contributed by atoms with Gasteiger partial charge in [0, 0.05) is 19.6 Å². The van der Waals surface area contributed by atoms with Crippen LogP contribution in [0.4, 0.5) is 0 Å². The highest BCUT2D eigenvalue weighted by Gasteiger charge is 2.28. The standard InChI is InChI=1S/C18H26N2O5/c1-13(14-4-6-15(24-3)7-5-14)18(23)20-8-9-25-16(11-20)10-19(2)12-17(21)22/h4-7,13,16H,8-12H2,1-3H3,(H,21,22). The minimum atomic E-state index is -0.876. The van der Waals surface area contributed by atoms with Crippen LogP contribution in [0, 0.1) is 0 Å². The molecule has 2 unspecified atom stereocenters. The van der Waals surface area contributed by atoms with Gasteiger partial charge in [-0.05, 0) is 31.7 Å². The van der Waals surface area contributed by atoms with Gasteiger partial charge in [-0.15, -0.1) is 0 Å². The van der Waals surface area contributed by atoms with E-state index in [0.717, 1.165) is 11.3 Å². The van der Waals surface area contributed by atoms with Gasteiger partial charge < -0.3 is 19.5 Å². The number of nitrogens with zero attached hydrogens (tertiary/aromatic N) is 2. The lowest BCUT2D eigenvalue weighted by Crippen LogP contribution is -2.50. The molecule has 1 amide bonds. The van der Waals surface area contributed by atoms with Gasteiger partial charge in [-0.25, -0.2) is 0 Å². The van der Waals surface area contributed by atoms with Crippen LogP contribution in [0.2, 0.25) is 0 Å². The van der Waals surface area contributed by atoms with Crippen molar-refractivity contribution < 1.29 is 24.2 Å². The highest BCUT2D eigenvalue weighted by Crippen LogP contribution is 2.22. The Labute approximate surface area is 148 Å². The molecule has 0 aromatic heterocycles. The molecule has 1 saturated heterocycles. The molecule has 2 atom stereocenters. The van der Waals surface area contributed by atoms with E-state index in [2.05, 4.69) is 0 Å². The Morgan fingerprint density at radius 3 is 2.68 bits per heavy atom. The van der Waals surface area contributed by atoms with Crippen LogP contribution in [0.1, 0.15) is 18.4 Å². The van der Waals surface area contributed by atoms with Gasteiger partial charge in [0.15, 0.2) is 0 Å². The molecule has 1 fully saturated rings. The first-order valence-corrected chi connectivity index (χ1v) is 8.35. The molecule has 2 rings (SSSR count). The molecule has 0 radical (unpaired) electrons. The third-order valence-corrected chi connectivity index (χ3v) is 4.36. The number of benzene rings is 1. The summed E-state index contributed by atoms with van der Waals surface area (Å²) < 4.78 is 10.8. The molecule has 1 aromatic rings. The fourth-order valence-electron chi connectivity index (χ4n) is 2.98. The number of morpholine rings is 1. The van der Waals surface area contributed by atoms with Crippen LogP contribution < -0.4 is 4.74 Å². The van der Waals surface area contributed by atoms with Gasteiger partial charge >= 0.3 is 5.97 Å². The molecule has 1 N–H and O–H groups in total. The molecule has 0 spiro atoms. The average Bonchev–Trinajstić information content (AvgIpc) is 2.60. The number of carbonyl (C=O) groups excluding carboxylic acids is 1. The molecule has 1 aliphatic rings. The number of hydrogen-bond donors (Lipinski definition) is 1. The monoisotopic (exact) mass is 350 g/mol. The number of amides is 1. The third kappa shape index (κ3) is 5.44. The lowest BCUT2D eigenvalue weighted by molar-refractivity contribution is -0.143. The van der Waals surface area contributed by atoms with E-state index in [1.54, 1.807) is 24.0 Å². The maximum absolute atomic E-state index is 12.8. The normalized spacial score (nSPS) is 18.9. The zero-order valence-electron chi connectivity index (χ0n) is 15.0. The summed E-state index contributed by atoms with van der Waals surface area (Å²) in [5, 5.41) is 8.83. The summed E-state index contributed by atoms with van der Waals surface area (Å²) in [4.78, 5) is 27.0. The van der Waals surface area contributed by atoms with Gasteiger partial charge in [-0.3, -0.25) is 14.5 Å². The van der Waals surface area contributed by atoms with Crippen molar-refractivity contribution in [2.75, 3.05) is 46.9 Å². The molecule has 7 heteroatoms. The van der Waals surface area contributed by atoms with Crippen LogP contribution in [0.5, 0.6) is 5.75 Å². The maximum atomic E-state index is 12.8. The molecule has 1 heterocycles. The van der Waals surface area contributed by atoms with Crippen molar-refractivity contribution in [3.8, 4) is 5.75 Å². The molecule has 7 nitrogen and oxygen atoms in total. The van der Waals surface area contributed by atoms with Crippen molar-refractivity contribution in [2.45, 2.75) is 18.9 Å². The minimum Gasteiger partial charge on any atom is -0.497 e. The van der Waals surface area contributed by atoms with E-state index in [9.17, 15) is 9.59 Å². The van der Waals surface area contributed by atoms with E-state index < -0.39 is 5.97 Å². The fourth-order valence-corrected chi connectivity index (χ4v) is 2.98. The van der Waals surface area contributed by atoms with Gasteiger partial charge in [0.1, 0.15) is 5.75 Å². The fraction of sp³-hybridized carbons (Fsp3) is 0.556. The number of carboxylic acids is 1. The van der Waals surface area contributed by atoms with E-state index in [0.29, 0.717) is 26.2 Å². The van der Waals surface area contributed by atoms with E-state index in [1.165, 1.54) is 0 Å². The maximum Gasteiger partial charge on any atom is 0.317 e. The van der Waals surface area contributed by atoms with Crippen LogP contribution in [0.3, 0.4) is 0 Å². The number of carboxylic acid groups (broad SMARTS) is 1. The van der Waals surface area contributed by atoms with Crippen molar-refractivity contribution in [1.29, 1.82) is 0 Å². The second-order valence-corrected chi connectivity index (χ2v) is 6.36. The van der Waals surface area contributed by atoms with Gasteiger partial charge in [0.2, 0.25) is 5.91 Å². The predicted octanol–water partition coefficient (Wildman–Crippen LogP) is 1.04. The van der Waals surface area contributed by atoms with E-state index >= 15 is 0 Å². The Kier molecular flexibility index (Phi) is 6.78. The molecule has 0 saturated carbocycles. The lowest BCUT2D eigenvalue weighted by atomic mass is 9.99. The Morgan fingerprint density at radius 2 is 2.08 bits per heavy atom. The van der Waals surface area contributed by atoms with E-state index in [1.807, 2.05) is 31.2 Å². The number of rotatable bonds is 7. The number of hydrogen-bond acceptors (Lipinski definition) is 5. The van der Waals surface area contributed by atoms with E-state index in [4.69, 9.17) is 14.6 Å². The van der Waals surface area contributed by atoms with Gasteiger partial charge in [0.25, 0.3) is 0 Å². The first-order chi connectivity index (χ1) is 11.9. The van der Waals surface area contributed by atoms with Crippen molar-refractivity contribution >= 4 is 11.9 Å².